The molecule has 3 heteroatoms. The number of unbranched alkanes of at least 4 members (excludes halogenated alkanes) is 1. The smallest absolute Gasteiger partial charge is 0.127 e. The van der Waals surface area contributed by atoms with Crippen molar-refractivity contribution >= 4 is 21.6 Å². The maximum Gasteiger partial charge on any atom is 0.127 e. The lowest BCUT2D eigenvalue weighted by Crippen LogP contribution is -2.07. The van der Waals surface area contributed by atoms with Gasteiger partial charge >= 0.3 is 0 Å². The summed E-state index contributed by atoms with van der Waals surface area (Å²) in [5.74, 6) is 0.316. The number of aromatic hydroxyl groups is 1. The predicted molar refractivity (Wildman–Crippen MR) is 97.1 cm³/mol. The zero-order chi connectivity index (χ0) is 16.1. The molecular formula is C19H22BrNO. The third-order valence-corrected chi connectivity index (χ3v) is 4.30. The standard InChI is InChI=1S/C19H22BrNO/c1-4-5-10-21-18(15-8-6-7-9-17(15)20)16-12-13(2)11-14(3)19(16)22/h6-9,11-12,22H,4-5,10H2,1-3H3. The second-order valence-corrected chi connectivity index (χ2v) is 6.40. The zero-order valence-corrected chi connectivity index (χ0v) is 14.9. The summed E-state index contributed by atoms with van der Waals surface area (Å²) in [5.41, 5.74) is 4.68. The first-order valence-electron chi connectivity index (χ1n) is 7.64. The van der Waals surface area contributed by atoms with Crippen LogP contribution in [0.4, 0.5) is 0 Å². The molecule has 0 spiro atoms. The summed E-state index contributed by atoms with van der Waals surface area (Å²) >= 11 is 3.60. The fourth-order valence-electron chi connectivity index (χ4n) is 2.46. The molecule has 2 rings (SSSR count). The minimum Gasteiger partial charge on any atom is -0.507 e. The number of aliphatic imine (C=N–C) groups is 1. The third kappa shape index (κ3) is 3.77. The van der Waals surface area contributed by atoms with Gasteiger partial charge in [-0.1, -0.05) is 53.5 Å². The van der Waals surface area contributed by atoms with Crippen LogP contribution in [0.1, 0.15) is 42.0 Å². The molecule has 0 aliphatic rings. The van der Waals surface area contributed by atoms with Crippen LogP contribution >= 0.6 is 15.9 Å². The van der Waals surface area contributed by atoms with Crippen LogP contribution < -0.4 is 0 Å². The lowest BCUT2D eigenvalue weighted by molar-refractivity contribution is 0.470. The number of benzene rings is 2. The highest BCUT2D eigenvalue weighted by molar-refractivity contribution is 9.10. The minimum absolute atomic E-state index is 0.316. The Morgan fingerprint density at radius 3 is 2.55 bits per heavy atom. The van der Waals surface area contributed by atoms with Crippen molar-refractivity contribution in [1.29, 1.82) is 0 Å². The quantitative estimate of drug-likeness (QED) is 0.561. The van der Waals surface area contributed by atoms with Gasteiger partial charge in [-0.25, -0.2) is 0 Å². The highest BCUT2D eigenvalue weighted by Crippen LogP contribution is 2.29. The number of phenols is 1. The summed E-state index contributed by atoms with van der Waals surface area (Å²) in [7, 11) is 0. The molecule has 2 nitrogen and oxygen atoms in total. The Morgan fingerprint density at radius 1 is 1.14 bits per heavy atom. The number of hydrogen-bond acceptors (Lipinski definition) is 2. The molecule has 116 valence electrons. The number of aryl methyl sites for hydroxylation is 2. The molecular weight excluding hydrogens is 338 g/mol. The maximum atomic E-state index is 10.5. The van der Waals surface area contributed by atoms with E-state index in [1.165, 1.54) is 0 Å². The van der Waals surface area contributed by atoms with E-state index in [0.29, 0.717) is 5.75 Å². The van der Waals surface area contributed by atoms with Gasteiger partial charge < -0.3 is 5.11 Å². The fourth-order valence-corrected chi connectivity index (χ4v) is 2.93. The third-order valence-electron chi connectivity index (χ3n) is 3.61. The van der Waals surface area contributed by atoms with E-state index in [4.69, 9.17) is 4.99 Å². The van der Waals surface area contributed by atoms with E-state index < -0.39 is 0 Å². The summed E-state index contributed by atoms with van der Waals surface area (Å²) in [4.78, 5) is 4.78. The van der Waals surface area contributed by atoms with E-state index in [2.05, 4.69) is 22.9 Å². The molecule has 2 aromatic rings. The molecule has 0 amide bonds. The van der Waals surface area contributed by atoms with Crippen molar-refractivity contribution in [2.24, 2.45) is 4.99 Å². The molecule has 2 aromatic carbocycles. The predicted octanol–water partition coefficient (Wildman–Crippen LogP) is 5.41. The van der Waals surface area contributed by atoms with Gasteiger partial charge in [0.2, 0.25) is 0 Å². The highest BCUT2D eigenvalue weighted by atomic mass is 79.9. The summed E-state index contributed by atoms with van der Waals surface area (Å²) in [6, 6.07) is 12.0. The average Bonchev–Trinajstić information content (AvgIpc) is 2.49. The van der Waals surface area contributed by atoms with Gasteiger partial charge in [0, 0.05) is 22.1 Å². The Hall–Kier alpha value is -1.61. The molecule has 0 atom stereocenters. The number of halogens is 1. The Kier molecular flexibility index (Phi) is 5.78. The van der Waals surface area contributed by atoms with Crippen molar-refractivity contribution in [3.8, 4) is 5.75 Å². The normalized spacial score (nSPS) is 11.7. The van der Waals surface area contributed by atoms with Gasteiger partial charge in [0.1, 0.15) is 5.75 Å². The molecule has 0 aliphatic heterocycles. The topological polar surface area (TPSA) is 32.6 Å². The lowest BCUT2D eigenvalue weighted by Gasteiger charge is -2.14. The molecule has 0 heterocycles. The van der Waals surface area contributed by atoms with Gasteiger partial charge in [0.05, 0.1) is 5.71 Å². The summed E-state index contributed by atoms with van der Waals surface area (Å²) < 4.78 is 0.990. The van der Waals surface area contributed by atoms with Crippen molar-refractivity contribution < 1.29 is 5.11 Å². The minimum atomic E-state index is 0.316. The Morgan fingerprint density at radius 2 is 1.86 bits per heavy atom. The van der Waals surface area contributed by atoms with Crippen molar-refractivity contribution in [1.82, 2.24) is 0 Å². The van der Waals surface area contributed by atoms with E-state index in [9.17, 15) is 5.11 Å². The van der Waals surface area contributed by atoms with Crippen LogP contribution in [0.25, 0.3) is 0 Å². The van der Waals surface area contributed by atoms with Crippen LogP contribution in [0.15, 0.2) is 45.9 Å². The molecule has 0 radical (unpaired) electrons. The largest absolute Gasteiger partial charge is 0.507 e. The molecule has 0 aromatic heterocycles. The van der Waals surface area contributed by atoms with Gasteiger partial charge in [-0.05, 0) is 43.5 Å². The molecule has 0 saturated heterocycles. The van der Waals surface area contributed by atoms with Crippen molar-refractivity contribution in [2.75, 3.05) is 6.54 Å². The van der Waals surface area contributed by atoms with Crippen LogP contribution in [0, 0.1) is 13.8 Å². The highest BCUT2D eigenvalue weighted by Gasteiger charge is 2.16. The second-order valence-electron chi connectivity index (χ2n) is 5.54. The van der Waals surface area contributed by atoms with Crippen molar-refractivity contribution in [2.45, 2.75) is 33.6 Å². The van der Waals surface area contributed by atoms with Crippen LogP contribution in [0.5, 0.6) is 5.75 Å². The first-order valence-corrected chi connectivity index (χ1v) is 8.43. The van der Waals surface area contributed by atoms with E-state index in [0.717, 1.165) is 51.8 Å². The Balaban J connectivity index is 2.60. The Bertz CT molecular complexity index is 692. The van der Waals surface area contributed by atoms with Gasteiger partial charge in [-0.2, -0.15) is 0 Å². The van der Waals surface area contributed by atoms with Crippen LogP contribution in [-0.4, -0.2) is 17.4 Å². The number of hydrogen-bond donors (Lipinski definition) is 1. The number of phenolic OH excluding ortho intramolecular Hbond substituents is 1. The molecule has 22 heavy (non-hydrogen) atoms. The zero-order valence-electron chi connectivity index (χ0n) is 13.4. The number of rotatable bonds is 5. The maximum absolute atomic E-state index is 10.5. The van der Waals surface area contributed by atoms with Gasteiger partial charge in [0.15, 0.2) is 0 Å². The van der Waals surface area contributed by atoms with E-state index >= 15 is 0 Å². The SMILES string of the molecule is CCCCN=C(c1ccccc1Br)c1cc(C)cc(C)c1O. The molecule has 0 unspecified atom stereocenters. The first-order chi connectivity index (χ1) is 10.5. The second kappa shape index (κ2) is 7.59. The monoisotopic (exact) mass is 359 g/mol. The van der Waals surface area contributed by atoms with Crippen LogP contribution in [0.2, 0.25) is 0 Å². The van der Waals surface area contributed by atoms with Crippen LogP contribution in [0.3, 0.4) is 0 Å². The van der Waals surface area contributed by atoms with E-state index in [-0.39, 0.29) is 0 Å². The van der Waals surface area contributed by atoms with E-state index in [1.807, 2.05) is 50.2 Å². The van der Waals surface area contributed by atoms with Gasteiger partial charge in [-0.15, -0.1) is 0 Å². The van der Waals surface area contributed by atoms with E-state index in [1.54, 1.807) is 0 Å². The lowest BCUT2D eigenvalue weighted by atomic mass is 9.97. The fraction of sp³-hybridized carbons (Fsp3) is 0.316. The summed E-state index contributed by atoms with van der Waals surface area (Å²) in [5, 5.41) is 10.5. The molecule has 1 N–H and O–H groups in total. The van der Waals surface area contributed by atoms with Crippen molar-refractivity contribution in [3.05, 3.63) is 63.1 Å². The molecule has 0 aliphatic carbocycles. The summed E-state index contributed by atoms with van der Waals surface area (Å²) in [6.45, 7) is 6.89. The van der Waals surface area contributed by atoms with Crippen molar-refractivity contribution in [3.63, 3.8) is 0 Å². The number of nitrogens with zero attached hydrogens (tertiary/aromatic N) is 1. The molecule has 0 bridgehead atoms. The van der Waals surface area contributed by atoms with Gasteiger partial charge in [0.25, 0.3) is 0 Å². The average molecular weight is 360 g/mol. The summed E-state index contributed by atoms with van der Waals surface area (Å²) in [6.07, 6.45) is 2.14. The first kappa shape index (κ1) is 16.8. The molecule has 0 fully saturated rings. The van der Waals surface area contributed by atoms with Crippen LogP contribution in [-0.2, 0) is 0 Å². The molecule has 0 saturated carbocycles. The van der Waals surface area contributed by atoms with Gasteiger partial charge in [-0.3, -0.25) is 4.99 Å². The Labute approximate surface area is 141 Å².